The van der Waals surface area contributed by atoms with Crippen molar-refractivity contribution in [2.75, 3.05) is 18.5 Å². The van der Waals surface area contributed by atoms with Crippen molar-refractivity contribution in [1.29, 1.82) is 0 Å². The molecule has 146 valence electrons. The first-order chi connectivity index (χ1) is 14.2. The number of hydrogen-bond donors (Lipinski definition) is 1. The molecule has 0 saturated carbocycles. The minimum Gasteiger partial charge on any atom is -0.482 e. The summed E-state index contributed by atoms with van der Waals surface area (Å²) < 4.78 is 7.27. The van der Waals surface area contributed by atoms with E-state index in [9.17, 15) is 4.79 Å². The highest BCUT2D eigenvalue weighted by molar-refractivity contribution is 7.07. The zero-order valence-electron chi connectivity index (χ0n) is 15.8. The van der Waals surface area contributed by atoms with Crippen LogP contribution in [-0.2, 0) is 4.79 Å². The molecule has 1 amide bonds. The zero-order valence-corrected chi connectivity index (χ0v) is 16.6. The van der Waals surface area contributed by atoms with Gasteiger partial charge in [0.25, 0.3) is 5.91 Å². The number of anilines is 1. The molecule has 1 aromatic carbocycles. The molecule has 0 spiro atoms. The fraction of sp³-hybridized carbons (Fsp3) is 0.143. The van der Waals surface area contributed by atoms with E-state index in [1.54, 1.807) is 18.5 Å². The molecule has 8 heteroatoms. The van der Waals surface area contributed by atoms with E-state index in [1.807, 2.05) is 47.3 Å². The number of nitrogens with zero attached hydrogens (tertiary/aromatic N) is 4. The van der Waals surface area contributed by atoms with Crippen molar-refractivity contribution >= 4 is 28.6 Å². The molecule has 2 aromatic heterocycles. The van der Waals surface area contributed by atoms with Gasteiger partial charge < -0.3 is 10.1 Å². The summed E-state index contributed by atoms with van der Waals surface area (Å²) in [6.07, 6.45) is 5.22. The summed E-state index contributed by atoms with van der Waals surface area (Å²) in [6, 6.07) is 9.52. The van der Waals surface area contributed by atoms with Crippen molar-refractivity contribution < 1.29 is 9.53 Å². The Kier molecular flexibility index (Phi) is 5.35. The highest BCUT2D eigenvalue weighted by Crippen LogP contribution is 2.32. The predicted octanol–water partition coefficient (Wildman–Crippen LogP) is 3.30. The Morgan fingerprint density at radius 1 is 1.38 bits per heavy atom. The van der Waals surface area contributed by atoms with Gasteiger partial charge in [-0.25, -0.2) is 4.68 Å². The molecule has 3 heterocycles. The van der Waals surface area contributed by atoms with Gasteiger partial charge in [0.05, 0.1) is 23.6 Å². The Hall–Kier alpha value is -3.52. The Bertz CT molecular complexity index is 1160. The van der Waals surface area contributed by atoms with Gasteiger partial charge in [0.15, 0.2) is 6.61 Å². The highest BCUT2D eigenvalue weighted by Gasteiger charge is 2.18. The van der Waals surface area contributed by atoms with Gasteiger partial charge in [-0.05, 0) is 37.3 Å². The first kappa shape index (κ1) is 18.8. The molecule has 0 bridgehead atoms. The molecule has 1 aliphatic rings. The van der Waals surface area contributed by atoms with Gasteiger partial charge in [-0.3, -0.25) is 14.8 Å². The summed E-state index contributed by atoms with van der Waals surface area (Å²) in [5.74, 6) is 0.490. The Balaban J connectivity index is 1.83. The summed E-state index contributed by atoms with van der Waals surface area (Å²) in [7, 11) is 0. The summed E-state index contributed by atoms with van der Waals surface area (Å²) in [5, 5.41) is 9.66. The average Bonchev–Trinajstić information content (AvgIpc) is 3.14. The fourth-order valence-corrected chi connectivity index (χ4v) is 3.73. The number of fused-ring (bicyclic) bond motifs is 1. The van der Waals surface area contributed by atoms with Crippen LogP contribution in [0.5, 0.6) is 5.75 Å². The second-order valence-corrected chi connectivity index (χ2v) is 7.15. The molecule has 0 saturated heterocycles. The monoisotopic (exact) mass is 405 g/mol. The van der Waals surface area contributed by atoms with Gasteiger partial charge in [0.2, 0.25) is 4.80 Å². The van der Waals surface area contributed by atoms with Crippen molar-refractivity contribution in [3.63, 3.8) is 0 Å². The van der Waals surface area contributed by atoms with Crippen molar-refractivity contribution in [2.45, 2.75) is 6.92 Å². The number of carbonyl (C=O) groups excluding carboxylic acids is 1. The molecular formula is C21H19N5O2S. The second-order valence-electron chi connectivity index (χ2n) is 6.31. The predicted molar refractivity (Wildman–Crippen MR) is 114 cm³/mol. The molecule has 1 N–H and O–H groups in total. The molecule has 0 aliphatic carbocycles. The molecule has 0 radical (unpaired) electrons. The van der Waals surface area contributed by atoms with E-state index in [1.165, 1.54) is 11.3 Å². The third-order valence-electron chi connectivity index (χ3n) is 4.30. The van der Waals surface area contributed by atoms with Gasteiger partial charge >= 0.3 is 0 Å². The second kappa shape index (κ2) is 8.24. The molecule has 29 heavy (non-hydrogen) atoms. The standard InChI is InChI=1S/C21H19N5O2S/c1-3-8-23-21-26(25-14(2)15-6-9-22-10-7-15)18(13-29-21)16-4-5-19-17(11-16)24-20(27)12-28-19/h3-7,9-11,13H,1,8,12H2,2H3,(H,24,27). The van der Waals surface area contributed by atoms with Gasteiger partial charge in [-0.15, -0.1) is 17.9 Å². The maximum atomic E-state index is 11.7. The van der Waals surface area contributed by atoms with Crippen LogP contribution in [0.2, 0.25) is 0 Å². The lowest BCUT2D eigenvalue weighted by Gasteiger charge is -2.18. The lowest BCUT2D eigenvalue weighted by Crippen LogP contribution is -2.25. The molecular weight excluding hydrogens is 386 g/mol. The number of pyridine rings is 1. The van der Waals surface area contributed by atoms with E-state index in [4.69, 9.17) is 9.84 Å². The minimum atomic E-state index is -0.166. The largest absolute Gasteiger partial charge is 0.482 e. The first-order valence-electron chi connectivity index (χ1n) is 9.00. The number of nitrogens with one attached hydrogen (secondary N) is 1. The minimum absolute atomic E-state index is 0.0325. The van der Waals surface area contributed by atoms with Gasteiger partial charge in [-0.1, -0.05) is 6.08 Å². The lowest BCUT2D eigenvalue weighted by molar-refractivity contribution is -0.118. The van der Waals surface area contributed by atoms with Crippen LogP contribution < -0.4 is 14.9 Å². The summed E-state index contributed by atoms with van der Waals surface area (Å²) in [6.45, 7) is 6.22. The Labute approximate surface area is 171 Å². The fourth-order valence-electron chi connectivity index (χ4n) is 2.89. The molecule has 0 atom stereocenters. The molecule has 3 aromatic rings. The van der Waals surface area contributed by atoms with E-state index in [0.717, 1.165) is 27.3 Å². The number of hydrogen-bond acceptors (Lipinski definition) is 6. The van der Waals surface area contributed by atoms with Crippen molar-refractivity contribution in [3.8, 4) is 17.0 Å². The Morgan fingerprint density at radius 3 is 3.00 bits per heavy atom. The number of aromatic nitrogens is 2. The zero-order chi connectivity index (χ0) is 20.2. The average molecular weight is 405 g/mol. The van der Waals surface area contributed by atoms with Crippen LogP contribution in [0.1, 0.15) is 12.5 Å². The van der Waals surface area contributed by atoms with E-state index >= 15 is 0 Å². The smallest absolute Gasteiger partial charge is 0.262 e. The van der Waals surface area contributed by atoms with Crippen LogP contribution in [0, 0.1) is 0 Å². The van der Waals surface area contributed by atoms with Crippen LogP contribution in [0.3, 0.4) is 0 Å². The van der Waals surface area contributed by atoms with Gasteiger partial charge in [0, 0.05) is 28.9 Å². The third-order valence-corrected chi connectivity index (χ3v) is 5.15. The maximum absolute atomic E-state index is 11.7. The van der Waals surface area contributed by atoms with Crippen LogP contribution in [0.4, 0.5) is 5.69 Å². The number of benzene rings is 1. The first-order valence-corrected chi connectivity index (χ1v) is 9.88. The quantitative estimate of drug-likeness (QED) is 0.522. The highest BCUT2D eigenvalue weighted by atomic mass is 32.1. The summed E-state index contributed by atoms with van der Waals surface area (Å²) >= 11 is 1.50. The number of rotatable bonds is 5. The van der Waals surface area contributed by atoms with Gasteiger partial charge in [0.1, 0.15) is 5.75 Å². The number of amides is 1. The van der Waals surface area contributed by atoms with Crippen LogP contribution in [0.15, 0.2) is 70.9 Å². The van der Waals surface area contributed by atoms with Crippen molar-refractivity contribution in [1.82, 2.24) is 9.66 Å². The lowest BCUT2D eigenvalue weighted by atomic mass is 10.1. The van der Waals surface area contributed by atoms with E-state index in [0.29, 0.717) is 18.0 Å². The molecule has 7 nitrogen and oxygen atoms in total. The number of ether oxygens (including phenoxy) is 1. The maximum Gasteiger partial charge on any atom is 0.262 e. The van der Waals surface area contributed by atoms with E-state index in [2.05, 4.69) is 21.9 Å². The summed E-state index contributed by atoms with van der Waals surface area (Å²) in [4.78, 5) is 21.1. The molecule has 0 fully saturated rings. The van der Waals surface area contributed by atoms with Crippen LogP contribution in [0.25, 0.3) is 11.3 Å². The summed E-state index contributed by atoms with van der Waals surface area (Å²) in [5.41, 5.74) is 4.23. The SMILES string of the molecule is C=CCN=c1scc(-c2ccc3c(c2)NC(=O)CO3)n1N=C(C)c1ccncc1. The molecule has 4 rings (SSSR count). The van der Waals surface area contributed by atoms with Crippen LogP contribution in [-0.4, -0.2) is 34.4 Å². The number of thiazole rings is 1. The van der Waals surface area contributed by atoms with Crippen molar-refractivity contribution in [2.24, 2.45) is 10.1 Å². The Morgan fingerprint density at radius 2 is 2.21 bits per heavy atom. The molecule has 1 aliphatic heterocycles. The third kappa shape index (κ3) is 4.02. The van der Waals surface area contributed by atoms with Gasteiger partial charge in [-0.2, -0.15) is 5.10 Å². The molecule has 0 unspecified atom stereocenters. The number of carbonyl (C=O) groups is 1. The van der Waals surface area contributed by atoms with E-state index in [-0.39, 0.29) is 12.5 Å². The van der Waals surface area contributed by atoms with Crippen LogP contribution >= 0.6 is 11.3 Å². The topological polar surface area (TPSA) is 80.9 Å². The van der Waals surface area contributed by atoms with E-state index < -0.39 is 0 Å². The normalized spacial score (nSPS) is 14.2. The van der Waals surface area contributed by atoms with Crippen molar-refractivity contribution in [3.05, 3.63) is 71.1 Å².